The van der Waals surface area contributed by atoms with Crippen molar-refractivity contribution in [2.75, 3.05) is 19.8 Å². The van der Waals surface area contributed by atoms with Crippen molar-refractivity contribution in [1.29, 1.82) is 0 Å². The molecule has 0 aliphatic heterocycles. The first-order chi connectivity index (χ1) is 9.08. The SMILES string of the molecule is CC(C)CNCc1nc(COCCOC(C)C)cs1. The van der Waals surface area contributed by atoms with Gasteiger partial charge < -0.3 is 14.8 Å². The summed E-state index contributed by atoms with van der Waals surface area (Å²) in [5.74, 6) is 0.670. The zero-order valence-corrected chi connectivity index (χ0v) is 13.3. The summed E-state index contributed by atoms with van der Waals surface area (Å²) in [6, 6.07) is 0. The van der Waals surface area contributed by atoms with Crippen LogP contribution in [0.2, 0.25) is 0 Å². The van der Waals surface area contributed by atoms with E-state index in [4.69, 9.17) is 9.47 Å². The Kier molecular flexibility index (Phi) is 8.21. The van der Waals surface area contributed by atoms with Gasteiger partial charge in [-0.1, -0.05) is 13.8 Å². The van der Waals surface area contributed by atoms with Gasteiger partial charge in [0.2, 0.25) is 0 Å². The molecule has 110 valence electrons. The van der Waals surface area contributed by atoms with Crippen molar-refractivity contribution < 1.29 is 9.47 Å². The average molecular weight is 286 g/mol. The summed E-state index contributed by atoms with van der Waals surface area (Å²) in [5, 5.41) is 6.58. The number of rotatable bonds is 10. The van der Waals surface area contributed by atoms with Crippen LogP contribution in [0.15, 0.2) is 5.38 Å². The molecule has 0 saturated carbocycles. The maximum absolute atomic E-state index is 5.52. The van der Waals surface area contributed by atoms with E-state index in [2.05, 4.69) is 29.5 Å². The molecule has 0 atom stereocenters. The van der Waals surface area contributed by atoms with Crippen molar-refractivity contribution in [3.63, 3.8) is 0 Å². The quantitative estimate of drug-likeness (QED) is 0.672. The van der Waals surface area contributed by atoms with Gasteiger partial charge in [-0.05, 0) is 26.3 Å². The largest absolute Gasteiger partial charge is 0.376 e. The average Bonchev–Trinajstić information content (AvgIpc) is 2.76. The third-order valence-corrected chi connectivity index (χ3v) is 3.25. The Hall–Kier alpha value is -0.490. The first-order valence-corrected chi connectivity index (χ1v) is 7.79. The maximum atomic E-state index is 5.52. The lowest BCUT2D eigenvalue weighted by Gasteiger charge is -2.07. The minimum Gasteiger partial charge on any atom is -0.376 e. The molecule has 1 aromatic heterocycles. The Bertz CT molecular complexity index is 340. The number of nitrogens with one attached hydrogen (secondary N) is 1. The zero-order chi connectivity index (χ0) is 14.1. The molecule has 4 nitrogen and oxygen atoms in total. The topological polar surface area (TPSA) is 43.4 Å². The van der Waals surface area contributed by atoms with Gasteiger partial charge in [0.15, 0.2) is 0 Å². The Morgan fingerprint density at radius 2 is 2.05 bits per heavy atom. The summed E-state index contributed by atoms with van der Waals surface area (Å²) in [5.41, 5.74) is 1.01. The van der Waals surface area contributed by atoms with E-state index in [-0.39, 0.29) is 6.10 Å². The predicted molar refractivity (Wildman–Crippen MR) is 79.4 cm³/mol. The molecule has 0 bridgehead atoms. The maximum Gasteiger partial charge on any atom is 0.107 e. The molecule has 1 N–H and O–H groups in total. The highest BCUT2D eigenvalue weighted by molar-refractivity contribution is 7.09. The van der Waals surface area contributed by atoms with Crippen LogP contribution in [0.1, 0.15) is 38.4 Å². The van der Waals surface area contributed by atoms with Crippen molar-refractivity contribution in [1.82, 2.24) is 10.3 Å². The Morgan fingerprint density at radius 3 is 2.74 bits per heavy atom. The molecule has 0 spiro atoms. The third-order valence-electron chi connectivity index (χ3n) is 2.36. The fourth-order valence-corrected chi connectivity index (χ4v) is 2.23. The van der Waals surface area contributed by atoms with Crippen LogP contribution in [0.5, 0.6) is 0 Å². The fourth-order valence-electron chi connectivity index (χ4n) is 1.48. The first-order valence-electron chi connectivity index (χ1n) is 6.91. The Morgan fingerprint density at radius 1 is 1.26 bits per heavy atom. The second-order valence-corrected chi connectivity index (χ2v) is 6.17. The van der Waals surface area contributed by atoms with Crippen LogP contribution in [0.25, 0.3) is 0 Å². The number of thiazole rings is 1. The molecule has 0 unspecified atom stereocenters. The lowest BCUT2D eigenvalue weighted by Crippen LogP contribution is -2.18. The molecule has 5 heteroatoms. The van der Waals surface area contributed by atoms with Crippen molar-refractivity contribution >= 4 is 11.3 Å². The van der Waals surface area contributed by atoms with Gasteiger partial charge in [0, 0.05) is 11.9 Å². The van der Waals surface area contributed by atoms with Crippen LogP contribution in [0.4, 0.5) is 0 Å². The highest BCUT2D eigenvalue weighted by Crippen LogP contribution is 2.10. The van der Waals surface area contributed by atoms with Gasteiger partial charge in [-0.3, -0.25) is 0 Å². The van der Waals surface area contributed by atoms with Crippen molar-refractivity contribution in [2.24, 2.45) is 5.92 Å². The molecule has 1 heterocycles. The van der Waals surface area contributed by atoms with Crippen LogP contribution in [0.3, 0.4) is 0 Å². The van der Waals surface area contributed by atoms with Crippen LogP contribution in [0, 0.1) is 5.92 Å². The van der Waals surface area contributed by atoms with Gasteiger partial charge in [-0.15, -0.1) is 11.3 Å². The normalized spacial score (nSPS) is 11.7. The third kappa shape index (κ3) is 8.31. The minimum absolute atomic E-state index is 0.265. The van der Waals surface area contributed by atoms with E-state index in [0.29, 0.717) is 25.7 Å². The van der Waals surface area contributed by atoms with Crippen molar-refractivity contribution in [2.45, 2.75) is 47.0 Å². The van der Waals surface area contributed by atoms with Crippen LogP contribution in [-0.2, 0) is 22.6 Å². The summed E-state index contributed by atoms with van der Waals surface area (Å²) in [6.07, 6.45) is 0.265. The van der Waals surface area contributed by atoms with Gasteiger partial charge in [-0.25, -0.2) is 4.98 Å². The molecule has 0 saturated heterocycles. The minimum atomic E-state index is 0.265. The fraction of sp³-hybridized carbons (Fsp3) is 0.786. The lowest BCUT2D eigenvalue weighted by molar-refractivity contribution is 0.0136. The summed E-state index contributed by atoms with van der Waals surface area (Å²) in [4.78, 5) is 4.53. The van der Waals surface area contributed by atoms with Crippen LogP contribution in [-0.4, -0.2) is 30.8 Å². The predicted octanol–water partition coefficient (Wildman–Crippen LogP) is 2.83. The van der Waals surface area contributed by atoms with Gasteiger partial charge in [0.1, 0.15) is 5.01 Å². The van der Waals surface area contributed by atoms with Crippen molar-refractivity contribution in [3.8, 4) is 0 Å². The molecule has 0 aliphatic carbocycles. The second-order valence-electron chi connectivity index (χ2n) is 5.23. The smallest absolute Gasteiger partial charge is 0.107 e. The molecule has 0 amide bonds. The molecule has 0 radical (unpaired) electrons. The first kappa shape index (κ1) is 16.6. The lowest BCUT2D eigenvalue weighted by atomic mass is 10.2. The van der Waals surface area contributed by atoms with E-state index in [0.717, 1.165) is 23.8 Å². The standard InChI is InChI=1S/C14H26N2O2S/c1-11(2)7-15-8-14-16-13(10-19-14)9-17-5-6-18-12(3)4/h10-12,15H,5-9H2,1-4H3. The van der Waals surface area contributed by atoms with E-state index in [1.165, 1.54) is 0 Å². The van der Waals surface area contributed by atoms with E-state index in [9.17, 15) is 0 Å². The highest BCUT2D eigenvalue weighted by Gasteiger charge is 2.03. The van der Waals surface area contributed by atoms with E-state index < -0.39 is 0 Å². The summed E-state index contributed by atoms with van der Waals surface area (Å²) in [7, 11) is 0. The number of hydrogen-bond donors (Lipinski definition) is 1. The van der Waals surface area contributed by atoms with E-state index >= 15 is 0 Å². The molecule has 1 rings (SSSR count). The molecule has 0 aromatic carbocycles. The number of hydrogen-bond acceptors (Lipinski definition) is 5. The van der Waals surface area contributed by atoms with Crippen LogP contribution >= 0.6 is 11.3 Å². The van der Waals surface area contributed by atoms with Crippen LogP contribution < -0.4 is 5.32 Å². The Balaban J connectivity index is 2.12. The number of nitrogens with zero attached hydrogens (tertiary/aromatic N) is 1. The van der Waals surface area contributed by atoms with Gasteiger partial charge in [-0.2, -0.15) is 0 Å². The van der Waals surface area contributed by atoms with E-state index in [1.807, 2.05) is 13.8 Å². The van der Waals surface area contributed by atoms with Gasteiger partial charge in [0.25, 0.3) is 0 Å². The number of ether oxygens (including phenoxy) is 2. The number of aromatic nitrogens is 1. The van der Waals surface area contributed by atoms with Gasteiger partial charge >= 0.3 is 0 Å². The molecular weight excluding hydrogens is 260 g/mol. The Labute approximate surface area is 120 Å². The molecular formula is C14H26N2O2S. The second kappa shape index (κ2) is 9.42. The zero-order valence-electron chi connectivity index (χ0n) is 12.4. The highest BCUT2D eigenvalue weighted by atomic mass is 32.1. The summed E-state index contributed by atoms with van der Waals surface area (Å²) >= 11 is 1.69. The van der Waals surface area contributed by atoms with Crippen molar-refractivity contribution in [3.05, 3.63) is 16.1 Å². The molecule has 1 aromatic rings. The molecule has 0 aliphatic rings. The monoisotopic (exact) mass is 286 g/mol. The molecule has 0 fully saturated rings. The molecule has 19 heavy (non-hydrogen) atoms. The van der Waals surface area contributed by atoms with E-state index in [1.54, 1.807) is 11.3 Å². The summed E-state index contributed by atoms with van der Waals surface area (Å²) in [6.45, 7) is 12.2. The van der Waals surface area contributed by atoms with Gasteiger partial charge in [0.05, 0.1) is 31.6 Å². The summed E-state index contributed by atoms with van der Waals surface area (Å²) < 4.78 is 10.9.